The average Bonchev–Trinajstić information content (AvgIpc) is 2.64. The Bertz CT molecular complexity index is 622. The first-order valence-corrected chi connectivity index (χ1v) is 8.74. The van der Waals surface area contributed by atoms with Crippen LogP contribution in [0.3, 0.4) is 0 Å². The number of piperidine rings is 1. The predicted octanol–water partition coefficient (Wildman–Crippen LogP) is 2.62. The molecular weight excluding hydrogens is 298 g/mol. The minimum Gasteiger partial charge on any atom is -0.355 e. The fourth-order valence-electron chi connectivity index (χ4n) is 3.30. The Kier molecular flexibility index (Phi) is 5.96. The molecule has 1 aromatic heterocycles. The number of nitrogens with zero attached hydrogens (tertiary/aromatic N) is 2. The number of pyridine rings is 1. The van der Waals surface area contributed by atoms with E-state index in [0.717, 1.165) is 37.9 Å². The molecule has 0 spiro atoms. The van der Waals surface area contributed by atoms with Crippen LogP contribution >= 0.6 is 0 Å². The molecule has 3 rings (SSSR count). The molecule has 1 fully saturated rings. The summed E-state index contributed by atoms with van der Waals surface area (Å²) in [6.07, 6.45) is 6.71. The van der Waals surface area contributed by atoms with E-state index >= 15 is 0 Å². The fourth-order valence-corrected chi connectivity index (χ4v) is 3.30. The monoisotopic (exact) mass is 323 g/mol. The van der Waals surface area contributed by atoms with Gasteiger partial charge in [0.2, 0.25) is 5.91 Å². The lowest BCUT2D eigenvalue weighted by Gasteiger charge is -2.31. The van der Waals surface area contributed by atoms with Gasteiger partial charge in [0.05, 0.1) is 6.54 Å². The molecule has 0 radical (unpaired) electrons. The van der Waals surface area contributed by atoms with Crippen LogP contribution in [-0.2, 0) is 11.2 Å². The number of likely N-dealkylation sites (tertiary alicyclic amines) is 1. The van der Waals surface area contributed by atoms with Gasteiger partial charge < -0.3 is 5.32 Å². The highest BCUT2D eigenvalue weighted by Gasteiger charge is 2.21. The van der Waals surface area contributed by atoms with Gasteiger partial charge in [-0.25, -0.2) is 0 Å². The molecule has 1 N–H and O–H groups in total. The molecule has 1 aliphatic rings. The maximum atomic E-state index is 12.1. The highest BCUT2D eigenvalue weighted by molar-refractivity contribution is 5.78. The molecule has 1 amide bonds. The average molecular weight is 323 g/mol. The summed E-state index contributed by atoms with van der Waals surface area (Å²) in [5.41, 5.74) is 2.58. The van der Waals surface area contributed by atoms with Crippen molar-refractivity contribution in [3.05, 3.63) is 66.0 Å². The van der Waals surface area contributed by atoms with Crippen LogP contribution in [0.5, 0.6) is 0 Å². The lowest BCUT2D eigenvalue weighted by atomic mass is 9.89. The number of benzene rings is 1. The molecule has 2 heterocycles. The third-order valence-corrected chi connectivity index (χ3v) is 4.68. The maximum absolute atomic E-state index is 12.1. The first kappa shape index (κ1) is 16.7. The molecule has 126 valence electrons. The summed E-state index contributed by atoms with van der Waals surface area (Å²) < 4.78 is 0. The second-order valence-electron chi connectivity index (χ2n) is 6.42. The van der Waals surface area contributed by atoms with E-state index in [1.807, 2.05) is 18.3 Å². The Hall–Kier alpha value is -2.20. The van der Waals surface area contributed by atoms with Crippen molar-refractivity contribution in [2.45, 2.75) is 25.2 Å². The second-order valence-corrected chi connectivity index (χ2v) is 6.42. The van der Waals surface area contributed by atoms with Gasteiger partial charge in [0.15, 0.2) is 0 Å². The van der Waals surface area contributed by atoms with E-state index in [-0.39, 0.29) is 5.91 Å². The summed E-state index contributed by atoms with van der Waals surface area (Å²) in [5.74, 6) is 0.758. The molecule has 1 saturated heterocycles. The molecule has 4 heteroatoms. The van der Waals surface area contributed by atoms with Crippen molar-refractivity contribution in [2.75, 3.05) is 26.2 Å². The Balaban J connectivity index is 1.36. The summed E-state index contributed by atoms with van der Waals surface area (Å²) in [4.78, 5) is 18.4. The van der Waals surface area contributed by atoms with Gasteiger partial charge in [0, 0.05) is 18.9 Å². The largest absolute Gasteiger partial charge is 0.355 e. The Labute approximate surface area is 143 Å². The van der Waals surface area contributed by atoms with Crippen molar-refractivity contribution < 1.29 is 4.79 Å². The third kappa shape index (κ3) is 4.90. The van der Waals surface area contributed by atoms with Gasteiger partial charge in [-0.15, -0.1) is 0 Å². The summed E-state index contributed by atoms with van der Waals surface area (Å²) in [5, 5.41) is 3.01. The number of amides is 1. The van der Waals surface area contributed by atoms with Gasteiger partial charge >= 0.3 is 0 Å². The number of carbonyl (C=O) groups excluding carboxylic acids is 1. The van der Waals surface area contributed by atoms with Crippen LogP contribution in [0.15, 0.2) is 54.9 Å². The molecule has 0 atom stereocenters. The van der Waals surface area contributed by atoms with Crippen LogP contribution in [0.2, 0.25) is 0 Å². The molecular formula is C20H25N3O. The Morgan fingerprint density at radius 1 is 1.12 bits per heavy atom. The normalized spacial score (nSPS) is 16.0. The van der Waals surface area contributed by atoms with E-state index < -0.39 is 0 Å². The molecule has 1 aliphatic heterocycles. The van der Waals surface area contributed by atoms with Gasteiger partial charge in [0.25, 0.3) is 0 Å². The minimum atomic E-state index is 0.122. The van der Waals surface area contributed by atoms with Gasteiger partial charge in [-0.3, -0.25) is 14.7 Å². The standard InChI is InChI=1S/C20H25N3O/c24-20(22-12-8-17-5-4-11-21-15-17)16-23-13-9-19(10-14-23)18-6-2-1-3-7-18/h1-7,11,15,19H,8-10,12-14,16H2,(H,22,24). The smallest absolute Gasteiger partial charge is 0.234 e. The SMILES string of the molecule is O=C(CN1CCC(c2ccccc2)CC1)NCCc1cccnc1. The summed E-state index contributed by atoms with van der Waals surface area (Å²) in [7, 11) is 0. The molecule has 24 heavy (non-hydrogen) atoms. The zero-order chi connectivity index (χ0) is 16.6. The van der Waals surface area contributed by atoms with Gasteiger partial charge in [0.1, 0.15) is 0 Å². The molecule has 1 aromatic carbocycles. The fraction of sp³-hybridized carbons (Fsp3) is 0.400. The van der Waals surface area contributed by atoms with Gasteiger partial charge in [-0.2, -0.15) is 0 Å². The summed E-state index contributed by atoms with van der Waals surface area (Å²) in [6.45, 7) is 3.17. The number of hydrogen-bond donors (Lipinski definition) is 1. The Morgan fingerprint density at radius 2 is 1.92 bits per heavy atom. The van der Waals surface area contributed by atoms with E-state index in [1.54, 1.807) is 6.20 Å². The lowest BCUT2D eigenvalue weighted by molar-refractivity contribution is -0.122. The first-order chi connectivity index (χ1) is 11.8. The van der Waals surface area contributed by atoms with Crippen molar-refractivity contribution in [1.82, 2.24) is 15.2 Å². The Morgan fingerprint density at radius 3 is 2.62 bits per heavy atom. The topological polar surface area (TPSA) is 45.2 Å². The molecule has 4 nitrogen and oxygen atoms in total. The summed E-state index contributed by atoms with van der Waals surface area (Å²) >= 11 is 0. The highest BCUT2D eigenvalue weighted by atomic mass is 16.2. The summed E-state index contributed by atoms with van der Waals surface area (Å²) in [6, 6.07) is 14.7. The third-order valence-electron chi connectivity index (χ3n) is 4.68. The molecule has 0 bridgehead atoms. The van der Waals surface area contributed by atoms with Crippen molar-refractivity contribution in [2.24, 2.45) is 0 Å². The molecule has 0 saturated carbocycles. The van der Waals surface area contributed by atoms with E-state index in [0.29, 0.717) is 19.0 Å². The van der Waals surface area contributed by atoms with Crippen LogP contribution in [-0.4, -0.2) is 42.0 Å². The van der Waals surface area contributed by atoms with Crippen LogP contribution in [0.4, 0.5) is 0 Å². The van der Waals surface area contributed by atoms with E-state index in [4.69, 9.17) is 0 Å². The van der Waals surface area contributed by atoms with Crippen LogP contribution in [0.25, 0.3) is 0 Å². The molecule has 0 unspecified atom stereocenters. The highest BCUT2D eigenvalue weighted by Crippen LogP contribution is 2.27. The number of aromatic nitrogens is 1. The number of nitrogens with one attached hydrogen (secondary N) is 1. The molecule has 0 aliphatic carbocycles. The van der Waals surface area contributed by atoms with Crippen molar-refractivity contribution in [3.8, 4) is 0 Å². The number of hydrogen-bond acceptors (Lipinski definition) is 3. The maximum Gasteiger partial charge on any atom is 0.234 e. The minimum absolute atomic E-state index is 0.122. The van der Waals surface area contributed by atoms with Crippen molar-refractivity contribution in [1.29, 1.82) is 0 Å². The number of rotatable bonds is 6. The quantitative estimate of drug-likeness (QED) is 0.889. The van der Waals surface area contributed by atoms with Crippen LogP contribution in [0, 0.1) is 0 Å². The zero-order valence-electron chi connectivity index (χ0n) is 14.0. The van der Waals surface area contributed by atoms with Crippen molar-refractivity contribution >= 4 is 5.91 Å². The van der Waals surface area contributed by atoms with Crippen LogP contribution in [0.1, 0.15) is 29.9 Å². The molecule has 2 aromatic rings. The predicted molar refractivity (Wildman–Crippen MR) is 95.8 cm³/mol. The number of carbonyl (C=O) groups is 1. The van der Waals surface area contributed by atoms with E-state index in [2.05, 4.69) is 45.5 Å². The lowest BCUT2D eigenvalue weighted by Crippen LogP contribution is -2.41. The second kappa shape index (κ2) is 8.60. The van der Waals surface area contributed by atoms with Crippen molar-refractivity contribution in [3.63, 3.8) is 0 Å². The van der Waals surface area contributed by atoms with E-state index in [9.17, 15) is 4.79 Å². The van der Waals surface area contributed by atoms with Gasteiger partial charge in [-0.1, -0.05) is 36.4 Å². The van der Waals surface area contributed by atoms with Crippen LogP contribution < -0.4 is 5.32 Å². The first-order valence-electron chi connectivity index (χ1n) is 8.74. The van der Waals surface area contributed by atoms with E-state index in [1.165, 1.54) is 5.56 Å². The van der Waals surface area contributed by atoms with Gasteiger partial charge in [-0.05, 0) is 55.5 Å². The zero-order valence-corrected chi connectivity index (χ0v) is 14.0.